The minimum atomic E-state index is -0.329. The third-order valence-electron chi connectivity index (χ3n) is 4.22. The Balaban J connectivity index is 1.80. The number of nitrogens with one attached hydrogen (secondary N) is 1. The SMILES string of the molecule is CCN(CC(=O)NCc1ccc(F)cc1)C(=O)CN1CCCCC1=O. The van der Waals surface area contributed by atoms with E-state index in [1.54, 1.807) is 24.0 Å². The molecule has 1 aromatic rings. The van der Waals surface area contributed by atoms with Gasteiger partial charge in [-0.25, -0.2) is 4.39 Å². The first-order chi connectivity index (χ1) is 12.0. The third-order valence-corrected chi connectivity index (χ3v) is 4.22. The van der Waals surface area contributed by atoms with Gasteiger partial charge in [0, 0.05) is 26.1 Å². The topological polar surface area (TPSA) is 69.7 Å². The van der Waals surface area contributed by atoms with E-state index in [4.69, 9.17) is 0 Å². The van der Waals surface area contributed by atoms with Crippen molar-refractivity contribution in [2.75, 3.05) is 26.2 Å². The van der Waals surface area contributed by atoms with Crippen LogP contribution in [0.15, 0.2) is 24.3 Å². The van der Waals surface area contributed by atoms with Crippen LogP contribution in [0.4, 0.5) is 4.39 Å². The second kappa shape index (κ2) is 9.15. The molecule has 3 amide bonds. The molecule has 0 aromatic heterocycles. The molecule has 0 aliphatic carbocycles. The van der Waals surface area contributed by atoms with Gasteiger partial charge in [-0.05, 0) is 37.5 Å². The quantitative estimate of drug-likeness (QED) is 0.807. The van der Waals surface area contributed by atoms with Crippen LogP contribution in [0.5, 0.6) is 0 Å². The summed E-state index contributed by atoms with van der Waals surface area (Å²) in [6.45, 7) is 3.03. The molecule has 0 unspecified atom stereocenters. The molecule has 0 atom stereocenters. The number of carbonyl (C=O) groups is 3. The van der Waals surface area contributed by atoms with Crippen LogP contribution in [-0.2, 0) is 20.9 Å². The standard InChI is InChI=1S/C18H24FN3O3/c1-2-21(18(25)13-22-10-4-3-5-17(22)24)12-16(23)20-11-14-6-8-15(19)9-7-14/h6-9H,2-5,10-13H2,1H3,(H,20,23). The number of hydrogen-bond donors (Lipinski definition) is 1. The van der Waals surface area contributed by atoms with Crippen molar-refractivity contribution in [3.63, 3.8) is 0 Å². The molecule has 0 spiro atoms. The van der Waals surface area contributed by atoms with E-state index in [0.29, 0.717) is 19.5 Å². The van der Waals surface area contributed by atoms with Crippen LogP contribution in [0.25, 0.3) is 0 Å². The van der Waals surface area contributed by atoms with Crippen LogP contribution in [0, 0.1) is 5.82 Å². The lowest BCUT2D eigenvalue weighted by Gasteiger charge is -2.29. The number of nitrogens with zero attached hydrogens (tertiary/aromatic N) is 2. The van der Waals surface area contributed by atoms with Crippen molar-refractivity contribution in [2.45, 2.75) is 32.7 Å². The molecular weight excluding hydrogens is 325 g/mol. The average molecular weight is 349 g/mol. The molecule has 6 nitrogen and oxygen atoms in total. The van der Waals surface area contributed by atoms with Gasteiger partial charge in [-0.15, -0.1) is 0 Å². The summed E-state index contributed by atoms with van der Waals surface area (Å²) in [4.78, 5) is 39.2. The van der Waals surface area contributed by atoms with Gasteiger partial charge in [0.05, 0.1) is 13.1 Å². The lowest BCUT2D eigenvalue weighted by Crippen LogP contribution is -2.47. The number of hydrogen-bond acceptors (Lipinski definition) is 3. The molecule has 1 aromatic carbocycles. The zero-order valence-electron chi connectivity index (χ0n) is 14.5. The van der Waals surface area contributed by atoms with E-state index in [9.17, 15) is 18.8 Å². The number of benzene rings is 1. The van der Waals surface area contributed by atoms with E-state index in [2.05, 4.69) is 5.32 Å². The highest BCUT2D eigenvalue weighted by molar-refractivity contribution is 5.88. The maximum atomic E-state index is 12.9. The van der Waals surface area contributed by atoms with Gasteiger partial charge in [0.2, 0.25) is 17.7 Å². The molecule has 7 heteroatoms. The zero-order valence-corrected chi connectivity index (χ0v) is 14.5. The first kappa shape index (κ1) is 18.9. The molecular formula is C18H24FN3O3. The number of carbonyl (C=O) groups excluding carboxylic acids is 3. The van der Waals surface area contributed by atoms with Crippen LogP contribution >= 0.6 is 0 Å². The first-order valence-corrected chi connectivity index (χ1v) is 8.56. The van der Waals surface area contributed by atoms with Crippen molar-refractivity contribution in [3.05, 3.63) is 35.6 Å². The number of piperidine rings is 1. The largest absolute Gasteiger partial charge is 0.350 e. The Morgan fingerprint density at radius 2 is 1.96 bits per heavy atom. The molecule has 1 heterocycles. The van der Waals surface area contributed by atoms with E-state index < -0.39 is 0 Å². The summed E-state index contributed by atoms with van der Waals surface area (Å²) in [5.74, 6) is -0.847. The van der Waals surface area contributed by atoms with Gasteiger partial charge < -0.3 is 15.1 Å². The number of likely N-dealkylation sites (N-methyl/N-ethyl adjacent to an activating group) is 1. The van der Waals surface area contributed by atoms with E-state index in [-0.39, 0.29) is 43.2 Å². The first-order valence-electron chi connectivity index (χ1n) is 8.56. The molecule has 0 radical (unpaired) electrons. The molecule has 0 bridgehead atoms. The number of amides is 3. The number of likely N-dealkylation sites (tertiary alicyclic amines) is 1. The van der Waals surface area contributed by atoms with Crippen LogP contribution in [-0.4, -0.2) is 53.7 Å². The van der Waals surface area contributed by atoms with E-state index in [1.807, 2.05) is 0 Å². The Hall–Kier alpha value is -2.44. The predicted octanol–water partition coefficient (Wildman–Crippen LogP) is 1.30. The van der Waals surface area contributed by atoms with Crippen LogP contribution in [0.1, 0.15) is 31.7 Å². The van der Waals surface area contributed by atoms with Crippen molar-refractivity contribution in [3.8, 4) is 0 Å². The number of rotatable bonds is 7. The highest BCUT2D eigenvalue weighted by Crippen LogP contribution is 2.10. The minimum absolute atomic E-state index is 0.00332. The molecule has 2 rings (SSSR count). The van der Waals surface area contributed by atoms with Crippen molar-refractivity contribution in [2.24, 2.45) is 0 Å². The normalized spacial score (nSPS) is 14.3. The summed E-state index contributed by atoms with van der Waals surface area (Å²) in [5, 5.41) is 2.71. The molecule has 1 saturated heterocycles. The van der Waals surface area contributed by atoms with Gasteiger partial charge in [0.15, 0.2) is 0 Å². The Kier molecular flexibility index (Phi) is 6.91. The molecule has 0 saturated carbocycles. The minimum Gasteiger partial charge on any atom is -0.350 e. The van der Waals surface area contributed by atoms with Gasteiger partial charge in [0.25, 0.3) is 0 Å². The zero-order chi connectivity index (χ0) is 18.2. The van der Waals surface area contributed by atoms with Crippen molar-refractivity contribution in [1.29, 1.82) is 0 Å². The Labute approximate surface area is 147 Å². The summed E-state index contributed by atoms with van der Waals surface area (Å²) < 4.78 is 12.9. The van der Waals surface area contributed by atoms with Crippen molar-refractivity contribution in [1.82, 2.24) is 15.1 Å². The summed E-state index contributed by atoms with van der Waals surface area (Å²) in [7, 11) is 0. The maximum Gasteiger partial charge on any atom is 0.242 e. The van der Waals surface area contributed by atoms with Gasteiger partial charge in [-0.3, -0.25) is 14.4 Å². The fourth-order valence-electron chi connectivity index (χ4n) is 2.70. The van der Waals surface area contributed by atoms with E-state index in [0.717, 1.165) is 18.4 Å². The molecule has 1 aliphatic rings. The molecule has 1 fully saturated rings. The summed E-state index contributed by atoms with van der Waals surface area (Å²) >= 11 is 0. The summed E-state index contributed by atoms with van der Waals surface area (Å²) in [5.41, 5.74) is 0.781. The van der Waals surface area contributed by atoms with E-state index in [1.165, 1.54) is 17.0 Å². The third kappa shape index (κ3) is 5.85. The fourth-order valence-corrected chi connectivity index (χ4v) is 2.70. The molecule has 1 aliphatic heterocycles. The smallest absolute Gasteiger partial charge is 0.242 e. The second-order valence-electron chi connectivity index (χ2n) is 6.08. The Bertz CT molecular complexity index is 618. The highest BCUT2D eigenvalue weighted by Gasteiger charge is 2.23. The van der Waals surface area contributed by atoms with Gasteiger partial charge in [-0.2, -0.15) is 0 Å². The van der Waals surface area contributed by atoms with Crippen LogP contribution in [0.2, 0.25) is 0 Å². The monoisotopic (exact) mass is 349 g/mol. The number of halogens is 1. The lowest BCUT2D eigenvalue weighted by atomic mass is 10.1. The summed E-state index contributed by atoms with van der Waals surface area (Å²) in [6.07, 6.45) is 2.26. The molecule has 1 N–H and O–H groups in total. The van der Waals surface area contributed by atoms with Crippen LogP contribution < -0.4 is 5.32 Å². The van der Waals surface area contributed by atoms with Crippen molar-refractivity contribution >= 4 is 17.7 Å². The van der Waals surface area contributed by atoms with Gasteiger partial charge in [-0.1, -0.05) is 12.1 Å². The highest BCUT2D eigenvalue weighted by atomic mass is 19.1. The van der Waals surface area contributed by atoms with Crippen LogP contribution in [0.3, 0.4) is 0 Å². The van der Waals surface area contributed by atoms with E-state index >= 15 is 0 Å². The summed E-state index contributed by atoms with van der Waals surface area (Å²) in [6, 6.07) is 5.86. The second-order valence-corrected chi connectivity index (χ2v) is 6.08. The molecule has 136 valence electrons. The molecule has 25 heavy (non-hydrogen) atoms. The average Bonchev–Trinajstić information content (AvgIpc) is 2.61. The maximum absolute atomic E-state index is 12.9. The predicted molar refractivity (Wildman–Crippen MR) is 90.9 cm³/mol. The Morgan fingerprint density at radius 3 is 2.60 bits per heavy atom. The Morgan fingerprint density at radius 1 is 1.24 bits per heavy atom. The van der Waals surface area contributed by atoms with Gasteiger partial charge >= 0.3 is 0 Å². The fraction of sp³-hybridized carbons (Fsp3) is 0.500. The lowest BCUT2D eigenvalue weighted by molar-refractivity contribution is -0.143. The van der Waals surface area contributed by atoms with Crippen molar-refractivity contribution < 1.29 is 18.8 Å². The van der Waals surface area contributed by atoms with Gasteiger partial charge in [0.1, 0.15) is 5.82 Å².